The number of aromatic nitrogens is 12. The van der Waals surface area contributed by atoms with E-state index in [1.54, 1.807) is 71.0 Å². The van der Waals surface area contributed by atoms with Gasteiger partial charge in [0.15, 0.2) is 16.9 Å². The van der Waals surface area contributed by atoms with Crippen LogP contribution in [0.2, 0.25) is 5.28 Å². The molecule has 0 unspecified atom stereocenters. The fourth-order valence-electron chi connectivity index (χ4n) is 10.7. The predicted molar refractivity (Wildman–Crippen MR) is 527 cm³/mol. The van der Waals surface area contributed by atoms with Gasteiger partial charge in [-0.05, 0) is 276 Å². The number of nitrogens with one attached hydrogen (secondary N) is 4. The molecular weight excluding hydrogens is 2080 g/mol. The second kappa shape index (κ2) is 60.7. The van der Waals surface area contributed by atoms with Gasteiger partial charge in [-0.25, -0.2) is 45.1 Å². The first kappa shape index (κ1) is 117. The Labute approximate surface area is 810 Å². The number of anilines is 5. The minimum absolute atomic E-state index is 0. The largest absolute Gasteiger partial charge is 1.00 e. The number of halogens is 10. The number of fused-ring (bicyclic) bond motifs is 9. The second-order valence-electron chi connectivity index (χ2n) is 26.8. The number of carbonyl (C=O) groups is 3. The van der Waals surface area contributed by atoms with Crippen molar-refractivity contribution in [2.75, 3.05) is 107 Å². The molecule has 682 valence electrons. The fraction of sp³-hybridized carbons (Fsp3) is 0.305. The van der Waals surface area contributed by atoms with Crippen LogP contribution in [0.15, 0.2) is 138 Å². The van der Waals surface area contributed by atoms with Crippen LogP contribution in [0, 0.1) is 107 Å². The number of nitrogens with two attached hydrogens (primary N) is 4. The van der Waals surface area contributed by atoms with Gasteiger partial charge in [0.1, 0.15) is 29.6 Å². The van der Waals surface area contributed by atoms with Crippen LogP contribution in [0.25, 0.3) is 49.7 Å². The average molecular weight is 2180 g/mol. The third-order valence-electron chi connectivity index (χ3n) is 16.5. The molecule has 0 aliphatic carbocycles. The Balaban J connectivity index is 0.00000140. The quantitative estimate of drug-likeness (QED) is 0.00775. The molecule has 0 saturated carbocycles. The summed E-state index contributed by atoms with van der Waals surface area (Å²) >= 11 is 28.5. The number of nitriles is 2. The summed E-state index contributed by atoms with van der Waals surface area (Å²) in [7, 11) is 8.92. The molecule has 2 saturated heterocycles. The minimum Gasteiger partial charge on any atom is -0.512 e. The first-order valence-corrected chi connectivity index (χ1v) is 46.3. The number of nitrogens with zero attached hydrogens (tertiary/aromatic N) is 17. The number of nitrogen functional groups attached to an aromatic ring is 3. The number of likely N-dealkylation sites (N-methyl/N-ethyl adjacent to an activating group) is 2. The maximum atomic E-state index is 11.7. The van der Waals surface area contributed by atoms with Gasteiger partial charge in [0.2, 0.25) is 17.1 Å². The Bertz CT molecular complexity index is 5820. The SMILES string of the molecule is CC(=O)NN.CCOC(=O)Cl.CCOC(=O)Nc1ccc(C)cc1C#N.CN1CCNCC1.Cc1ccc(N)c(C#N)c1.Cc1ccc(N)c(I)c1.Cc1ccc(N)cc1.Cc1ccc2[nH]c(=O)n3nc(C)nc3c2c1.Cc1ccc2nc(Cl)n3nc(C)nc3c2c1.Cc1ccc2nc(N3CCN(C)CC3)n3nc(C)nc3c2c1.Cl.Cl.ClI.O=P(Cl)(Cl)Cl.[C-]#N.[Cu+]. The van der Waals surface area contributed by atoms with E-state index in [0.29, 0.717) is 58.3 Å². The number of amides is 2. The van der Waals surface area contributed by atoms with Crippen molar-refractivity contribution in [1.29, 1.82) is 15.8 Å². The number of aromatic amines is 1. The Hall–Kier alpha value is -8.98. The van der Waals surface area contributed by atoms with E-state index in [1.807, 2.05) is 155 Å². The van der Waals surface area contributed by atoms with Crippen molar-refractivity contribution in [3.8, 4) is 12.1 Å². The van der Waals surface area contributed by atoms with Crippen molar-refractivity contribution in [3.05, 3.63) is 227 Å². The molecule has 2 fully saturated rings. The molecule has 15 rings (SSSR count). The van der Waals surface area contributed by atoms with Crippen LogP contribution in [-0.4, -0.2) is 166 Å². The molecule has 126 heavy (non-hydrogen) atoms. The smallest absolute Gasteiger partial charge is 0.512 e. The Morgan fingerprint density at radius 1 is 0.563 bits per heavy atom. The standard InChI is InChI=1S/C16H20N6.C11H9ClN4.C11H10N4O.C11H12N2O2.C8H8N2.C7H8IN.C7H9N.C5H12N2.C3H5ClO2.C2H6N2O.CN.Cl3OP.ClI.2ClH.Cu/c1-11-4-5-14-13(10-11)15-17-12(2)19-22(15)16(18-14)21-8-6-20(3)7-9-21;1-6-3-4-9-8(5-6)10-13-7(2)15-16(10)11(12)14-9;1-6-3-4-9-8(5-6)10-12-7(2)14-15(10)11(16)13-9;1-3-15-11(14)13-10-5-4-8(2)6-9(10)7-12;1-6-2-3-8(10)7(4-6)5-9;1-5-2-3-7(9)6(8)4-5;1-6-2-4-7(8)5-3-6;1-7-4-2-6-3-5-7;1-2-6-3(4)5;1-2(5)4-3;1-2;1-5(2,3)4;1-2;;;/h4-5,10H,6-9H2,1-3H3;3-5H,1-2H3;3-5H,1-2H3,(H,13,16);4-6H,3H2,1-2H3,(H,13,14);2-4H,10H2,1H3;2-4H,9H2,1H3;2-5H,8H2,1H3;6H,2-5H2,1H3;2H2,1H3;3H2,1H3,(H,4,5);;;;2*1H;/q;;;;;;;;;;-1;;;;;+1. The van der Waals surface area contributed by atoms with E-state index in [0.717, 1.165) is 127 Å². The monoisotopic (exact) mass is 2180 g/mol. The van der Waals surface area contributed by atoms with Gasteiger partial charge in [-0.3, -0.25) is 20.1 Å². The van der Waals surface area contributed by atoms with Crippen molar-refractivity contribution in [2.45, 2.75) is 90.0 Å². The fourth-order valence-corrected chi connectivity index (χ4v) is 11.6. The second-order valence-corrected chi connectivity index (χ2v) is 35.2. The van der Waals surface area contributed by atoms with Crippen LogP contribution in [0.5, 0.6) is 0 Å². The van der Waals surface area contributed by atoms with Crippen molar-refractivity contribution in [1.82, 2.24) is 79.3 Å². The van der Waals surface area contributed by atoms with Crippen molar-refractivity contribution >= 4 is 236 Å². The Morgan fingerprint density at radius 2 is 0.960 bits per heavy atom. The van der Waals surface area contributed by atoms with Crippen LogP contribution < -0.4 is 49.7 Å². The minimum atomic E-state index is -3.22. The van der Waals surface area contributed by atoms with Gasteiger partial charge in [-0.2, -0.15) is 24.1 Å². The van der Waals surface area contributed by atoms with Crippen molar-refractivity contribution < 1.29 is 45.5 Å². The zero-order valence-electron chi connectivity index (χ0n) is 71.6. The maximum absolute atomic E-state index is 11.7. The third kappa shape index (κ3) is 41.9. The summed E-state index contributed by atoms with van der Waals surface area (Å²) < 4.78 is 24.3. The first-order valence-electron chi connectivity index (χ1n) is 37.3. The number of hydrazine groups is 1. The zero-order chi connectivity index (χ0) is 92.4. The summed E-state index contributed by atoms with van der Waals surface area (Å²) in [5.74, 6) is 7.33. The molecule has 0 atom stereocenters. The van der Waals surface area contributed by atoms with Gasteiger partial charge in [-0.1, -0.05) is 70.8 Å². The maximum Gasteiger partial charge on any atom is 1.00 e. The molecule has 2 aliphatic rings. The number of carbonyl (C=O) groups excluding carboxylic acids is 3. The summed E-state index contributed by atoms with van der Waals surface area (Å²) in [4.78, 5) is 74.2. The molecule has 6 aromatic heterocycles. The molecule has 7 aromatic carbocycles. The van der Waals surface area contributed by atoms with Crippen LogP contribution in [0.4, 0.5) is 38.3 Å². The molecule has 44 heteroatoms. The molecule has 8 heterocycles. The number of benzene rings is 7. The molecule has 2 amide bonds. The van der Waals surface area contributed by atoms with Gasteiger partial charge in [0.25, 0.3) is 0 Å². The average Bonchev–Trinajstić information content (AvgIpc) is 1.58. The van der Waals surface area contributed by atoms with Gasteiger partial charge >= 0.3 is 39.5 Å². The van der Waals surface area contributed by atoms with Crippen molar-refractivity contribution in [3.63, 3.8) is 0 Å². The van der Waals surface area contributed by atoms with E-state index in [1.165, 1.54) is 46.8 Å². The number of aryl methyl sites for hydroxylation is 10. The number of H-pyrrole nitrogens is 1. The van der Waals surface area contributed by atoms with Gasteiger partial charge in [0.05, 0.1) is 46.6 Å². The summed E-state index contributed by atoms with van der Waals surface area (Å²) in [5.41, 5.74) is 34.0. The van der Waals surface area contributed by atoms with E-state index in [9.17, 15) is 23.7 Å². The number of ether oxygens (including phenoxy) is 2. The summed E-state index contributed by atoms with van der Waals surface area (Å²) in [5, 5.41) is 42.3. The molecule has 13 aromatic rings. The van der Waals surface area contributed by atoms with E-state index >= 15 is 0 Å². The molecule has 12 N–H and O–H groups in total. The number of piperazine rings is 2. The Morgan fingerprint density at radius 3 is 1.39 bits per heavy atom. The van der Waals surface area contributed by atoms with Gasteiger partial charge in [-0.15, -0.1) is 40.1 Å². The molecule has 0 radical (unpaired) electrons. The van der Waals surface area contributed by atoms with Crippen LogP contribution >= 0.6 is 140 Å². The third-order valence-corrected chi connectivity index (χ3v) is 17.8. The predicted octanol–water partition coefficient (Wildman–Crippen LogP) is 18.2. The summed E-state index contributed by atoms with van der Waals surface area (Å²) in [6.45, 7) is 38.5. The number of rotatable bonds is 4. The molecule has 2 aliphatic heterocycles. The number of hydrogen-bond acceptors (Lipinski definition) is 26. The van der Waals surface area contributed by atoms with Crippen LogP contribution in [0.1, 0.15) is 88.3 Å². The van der Waals surface area contributed by atoms with E-state index < -0.39 is 16.7 Å². The molecular formula is C82H101Cl8CuI2N25O7P. The Kier molecular flexibility index (Phi) is 56.4. The van der Waals surface area contributed by atoms with E-state index in [4.69, 9.17) is 72.5 Å². The molecule has 0 bridgehead atoms. The van der Waals surface area contributed by atoms with Crippen LogP contribution in [0.3, 0.4) is 0 Å². The van der Waals surface area contributed by atoms with Crippen molar-refractivity contribution in [2.24, 2.45) is 5.84 Å². The molecule has 0 spiro atoms. The van der Waals surface area contributed by atoms with Crippen LogP contribution in [-0.2, 0) is 35.9 Å². The molecule has 32 nitrogen and oxygen atoms in total. The van der Waals surface area contributed by atoms with E-state index in [2.05, 4.69) is 194 Å². The normalized spacial score (nSPS) is 11.4. The number of hydrogen-bond donors (Lipinski definition) is 8. The summed E-state index contributed by atoms with van der Waals surface area (Å²) in [6.07, 6.45) is -0.544. The van der Waals surface area contributed by atoms with Gasteiger partial charge in [0, 0.05) is 129 Å². The van der Waals surface area contributed by atoms with E-state index in [-0.39, 0.29) is 53.5 Å². The summed E-state index contributed by atoms with van der Waals surface area (Å²) in [6, 6.07) is 46.6. The first-order chi connectivity index (χ1) is 58.2. The zero-order valence-corrected chi connectivity index (χ0v) is 84.0. The van der Waals surface area contributed by atoms with Gasteiger partial charge < -0.3 is 63.5 Å². The topological polar surface area (TPSA) is 457 Å².